The number of likely N-dealkylation sites (N-methyl/N-ethyl adjacent to an activating group) is 2. The average Bonchev–Trinajstić information content (AvgIpc) is 3.17. The van der Waals surface area contributed by atoms with Gasteiger partial charge in [-0.25, -0.2) is 8.78 Å². The van der Waals surface area contributed by atoms with Gasteiger partial charge >= 0.3 is 11.9 Å². The van der Waals surface area contributed by atoms with Crippen LogP contribution >= 0.6 is 0 Å². The van der Waals surface area contributed by atoms with Crippen LogP contribution in [0.15, 0.2) is 60.7 Å². The number of carbonyl (C=O) groups excluding carboxylic acids is 2. The van der Waals surface area contributed by atoms with E-state index in [4.69, 9.17) is 9.47 Å². The van der Waals surface area contributed by atoms with Gasteiger partial charge in [0.05, 0.1) is 0 Å². The highest BCUT2D eigenvalue weighted by atomic mass is 19.1. The second-order valence-corrected chi connectivity index (χ2v) is 11.2. The summed E-state index contributed by atoms with van der Waals surface area (Å²) in [4.78, 5) is 30.3. The van der Waals surface area contributed by atoms with Crippen molar-refractivity contribution in [2.75, 3.05) is 14.1 Å². The summed E-state index contributed by atoms with van der Waals surface area (Å²) in [6.07, 6.45) is 7.89. The number of halogens is 2. The quantitative estimate of drug-likeness (QED) is 0.371. The van der Waals surface area contributed by atoms with Gasteiger partial charge in [0.25, 0.3) is 0 Å². The highest BCUT2D eigenvalue weighted by Crippen LogP contribution is 2.47. The zero-order valence-electron chi connectivity index (χ0n) is 22.2. The van der Waals surface area contributed by atoms with Crippen LogP contribution in [0.2, 0.25) is 0 Å². The van der Waals surface area contributed by atoms with Gasteiger partial charge in [0.1, 0.15) is 18.1 Å². The third-order valence-electron chi connectivity index (χ3n) is 8.97. The summed E-state index contributed by atoms with van der Waals surface area (Å²) in [5.41, 5.74) is 1.91. The lowest BCUT2D eigenvalue weighted by Crippen LogP contribution is -2.50. The molecule has 6 rings (SSSR count). The van der Waals surface area contributed by atoms with Gasteiger partial charge in [-0.15, -0.1) is 0 Å². The van der Waals surface area contributed by atoms with Crippen molar-refractivity contribution >= 4 is 23.1 Å². The van der Waals surface area contributed by atoms with Crippen LogP contribution in [0.3, 0.4) is 0 Å². The molecular weight excluding hydrogens is 502 g/mol. The molecule has 4 heterocycles. The molecule has 4 aliphatic heterocycles. The van der Waals surface area contributed by atoms with Crippen molar-refractivity contribution in [3.63, 3.8) is 0 Å². The van der Waals surface area contributed by atoms with Gasteiger partial charge in [0.15, 0.2) is 11.4 Å². The van der Waals surface area contributed by atoms with Crippen molar-refractivity contribution in [1.29, 1.82) is 0 Å². The fourth-order valence-corrected chi connectivity index (χ4v) is 6.72. The molecule has 39 heavy (non-hydrogen) atoms. The summed E-state index contributed by atoms with van der Waals surface area (Å²) in [6.45, 7) is 0. The van der Waals surface area contributed by atoms with E-state index in [0.717, 1.165) is 48.0 Å². The number of fused-ring (bicyclic) bond motifs is 4. The Kier molecular flexibility index (Phi) is 6.43. The summed E-state index contributed by atoms with van der Waals surface area (Å²) in [7, 11) is 3.86. The number of esters is 2. The molecule has 0 saturated carbocycles. The fraction of sp³-hybridized carbons (Fsp3) is 0.419. The van der Waals surface area contributed by atoms with Crippen molar-refractivity contribution in [2.24, 2.45) is 0 Å². The fourth-order valence-electron chi connectivity index (χ4n) is 6.72. The van der Waals surface area contributed by atoms with E-state index < -0.39 is 29.8 Å². The number of nitrogens with zero attached hydrogens (tertiary/aromatic N) is 2. The smallest absolute Gasteiger partial charge is 0.319 e. The maximum atomic E-state index is 13.5. The Balaban J connectivity index is 1.17. The molecule has 6 nitrogen and oxygen atoms in total. The van der Waals surface area contributed by atoms with E-state index in [-0.39, 0.29) is 23.7 Å². The molecule has 0 spiro atoms. The van der Waals surface area contributed by atoms with Crippen LogP contribution in [0.25, 0.3) is 11.1 Å². The first-order chi connectivity index (χ1) is 18.7. The summed E-state index contributed by atoms with van der Waals surface area (Å²) in [5.74, 6) is -1.88. The maximum Gasteiger partial charge on any atom is 0.319 e. The Hall–Kier alpha value is -3.36. The highest BCUT2D eigenvalue weighted by molar-refractivity contribution is 5.92. The summed E-state index contributed by atoms with van der Waals surface area (Å²) in [5, 5.41) is 0. The van der Waals surface area contributed by atoms with Gasteiger partial charge in [0, 0.05) is 24.9 Å². The third-order valence-corrected chi connectivity index (χ3v) is 8.97. The van der Waals surface area contributed by atoms with Crippen LogP contribution in [0.1, 0.15) is 56.1 Å². The van der Waals surface area contributed by atoms with Gasteiger partial charge in [-0.1, -0.05) is 24.3 Å². The maximum absolute atomic E-state index is 13.5. The molecule has 4 aliphatic rings. The van der Waals surface area contributed by atoms with Gasteiger partial charge < -0.3 is 9.47 Å². The Bertz CT molecular complexity index is 1250. The summed E-state index contributed by atoms with van der Waals surface area (Å²) >= 11 is 0. The predicted molar refractivity (Wildman–Crippen MR) is 142 cm³/mol. The van der Waals surface area contributed by atoms with Crippen molar-refractivity contribution in [1.82, 2.24) is 9.80 Å². The minimum atomic E-state index is -0.946. The van der Waals surface area contributed by atoms with Crippen LogP contribution in [0.5, 0.6) is 0 Å². The lowest BCUT2D eigenvalue weighted by atomic mass is 9.94. The highest BCUT2D eigenvalue weighted by Gasteiger charge is 2.51. The van der Waals surface area contributed by atoms with Crippen LogP contribution in [-0.2, 0) is 19.1 Å². The molecule has 0 aromatic heterocycles. The first-order valence-electron chi connectivity index (χ1n) is 13.5. The lowest BCUT2D eigenvalue weighted by molar-refractivity contribution is -0.180. The molecule has 2 fully saturated rings. The summed E-state index contributed by atoms with van der Waals surface area (Å²) in [6, 6.07) is 13.0. The van der Waals surface area contributed by atoms with Gasteiger partial charge in [-0.2, -0.15) is 0 Å². The second kappa shape index (κ2) is 9.68. The SMILES string of the molecule is CN1C2CCC1(OC(=O)CC(=O)OC13C=C(c4ccc(F)cc4)CC(CC1)N3C)C=C(c1ccc(F)cc1)C2. The zero-order chi connectivity index (χ0) is 27.4. The molecule has 2 saturated heterocycles. The minimum absolute atomic E-state index is 0.190. The number of carbonyl (C=O) groups is 2. The molecule has 0 radical (unpaired) electrons. The van der Waals surface area contributed by atoms with Gasteiger partial charge in [-0.05, 0) is 98.5 Å². The number of benzene rings is 2. The molecule has 2 aromatic carbocycles. The molecule has 0 aliphatic carbocycles. The Morgan fingerprint density at radius 1 is 0.744 bits per heavy atom. The van der Waals surface area contributed by atoms with E-state index >= 15 is 0 Å². The number of hydrogen-bond donors (Lipinski definition) is 0. The van der Waals surface area contributed by atoms with Crippen LogP contribution in [-0.4, -0.2) is 59.4 Å². The number of ether oxygens (including phenoxy) is 2. The van der Waals surface area contributed by atoms with Crippen LogP contribution in [0, 0.1) is 11.6 Å². The zero-order valence-corrected chi connectivity index (χ0v) is 22.2. The molecular formula is C31H32F2N2O4. The van der Waals surface area contributed by atoms with E-state index in [0.29, 0.717) is 12.8 Å². The van der Waals surface area contributed by atoms with Gasteiger partial charge in [-0.3, -0.25) is 19.4 Å². The molecule has 4 unspecified atom stereocenters. The molecule has 4 bridgehead atoms. The monoisotopic (exact) mass is 534 g/mol. The molecule has 2 aromatic rings. The predicted octanol–water partition coefficient (Wildman–Crippen LogP) is 5.30. The van der Waals surface area contributed by atoms with Crippen molar-refractivity contribution in [3.8, 4) is 0 Å². The first kappa shape index (κ1) is 25.9. The lowest BCUT2D eigenvalue weighted by Gasteiger charge is -2.41. The van der Waals surface area contributed by atoms with Crippen molar-refractivity contribution in [3.05, 3.63) is 83.4 Å². The Labute approximate surface area is 226 Å². The van der Waals surface area contributed by atoms with E-state index in [1.54, 1.807) is 24.3 Å². The van der Waals surface area contributed by atoms with Crippen molar-refractivity contribution in [2.45, 2.75) is 68.5 Å². The van der Waals surface area contributed by atoms with E-state index in [1.807, 2.05) is 26.2 Å². The molecule has 8 heteroatoms. The number of hydrogen-bond acceptors (Lipinski definition) is 6. The van der Waals surface area contributed by atoms with E-state index in [9.17, 15) is 18.4 Å². The van der Waals surface area contributed by atoms with E-state index in [2.05, 4.69) is 9.80 Å². The standard InChI is InChI=1S/C31H32F2N2O4/c1-34-26-11-13-30(34,18-22(15-26)20-3-7-24(32)8-4-20)38-28(36)17-29(37)39-31-14-12-27(35(31)2)16-23(19-31)21-5-9-25(33)10-6-21/h3-10,18-19,26-27H,11-17H2,1-2H3. The molecule has 4 atom stereocenters. The first-order valence-corrected chi connectivity index (χ1v) is 13.5. The van der Waals surface area contributed by atoms with Crippen LogP contribution in [0.4, 0.5) is 8.78 Å². The van der Waals surface area contributed by atoms with Crippen molar-refractivity contribution < 1.29 is 27.8 Å². The second-order valence-electron chi connectivity index (χ2n) is 11.2. The van der Waals surface area contributed by atoms with E-state index in [1.165, 1.54) is 24.3 Å². The largest absolute Gasteiger partial charge is 0.440 e. The van der Waals surface area contributed by atoms with Gasteiger partial charge in [0.2, 0.25) is 0 Å². The average molecular weight is 535 g/mol. The molecule has 0 amide bonds. The Morgan fingerprint density at radius 3 is 1.51 bits per heavy atom. The number of rotatable bonds is 6. The normalized spacial score (nSPS) is 30.1. The third kappa shape index (κ3) is 4.70. The topological polar surface area (TPSA) is 59.1 Å². The van der Waals surface area contributed by atoms with Crippen LogP contribution < -0.4 is 0 Å². The minimum Gasteiger partial charge on any atom is -0.440 e. The molecule has 204 valence electrons. The Morgan fingerprint density at radius 2 is 1.13 bits per heavy atom. The molecule has 0 N–H and O–H groups in total. The summed E-state index contributed by atoms with van der Waals surface area (Å²) < 4.78 is 38.9.